The van der Waals surface area contributed by atoms with Crippen LogP contribution in [0.1, 0.15) is 44.8 Å². The lowest BCUT2D eigenvalue weighted by Crippen LogP contribution is -2.28. The molecule has 0 aliphatic heterocycles. The van der Waals surface area contributed by atoms with Gasteiger partial charge in [-0.1, -0.05) is 30.1 Å². The Balaban J connectivity index is 1.96. The minimum Gasteiger partial charge on any atom is -0.383 e. The highest BCUT2D eigenvalue weighted by atomic mass is 35.5. The van der Waals surface area contributed by atoms with Crippen LogP contribution in [0.15, 0.2) is 41.7 Å². The minimum absolute atomic E-state index is 0.129. The lowest BCUT2D eigenvalue weighted by atomic mass is 10.1. The first kappa shape index (κ1) is 23.5. The Morgan fingerprint density at radius 3 is 2.61 bits per heavy atom. The van der Waals surface area contributed by atoms with Gasteiger partial charge in [0, 0.05) is 46.2 Å². The molecule has 0 fully saturated rings. The second kappa shape index (κ2) is 9.12. The van der Waals surface area contributed by atoms with Crippen molar-refractivity contribution in [2.24, 2.45) is 0 Å². The Morgan fingerprint density at radius 1 is 1.23 bits per heavy atom. The number of benzene rings is 1. The molecule has 31 heavy (non-hydrogen) atoms. The molecule has 0 saturated carbocycles. The van der Waals surface area contributed by atoms with Crippen molar-refractivity contribution in [3.8, 4) is 11.1 Å². The number of nitrogens with zero attached hydrogens (tertiary/aromatic N) is 3. The van der Waals surface area contributed by atoms with Gasteiger partial charge in [0.2, 0.25) is 10.0 Å². The summed E-state index contributed by atoms with van der Waals surface area (Å²) in [5.74, 6) is -0.872. The standard InChI is InChI=1S/C20H22Cl2FN5O2S/c1-4-11(2)28-10-14(9-26-28)13-7-17(20(24)25-8-13)31(29,30)27-12(3)18-15(21)5-6-16(23)19(18)22/h5-12,27H,4H2,1-3H3,(H2,24,25). The third-order valence-electron chi connectivity index (χ3n) is 4.99. The van der Waals surface area contributed by atoms with Crippen molar-refractivity contribution >= 4 is 39.0 Å². The van der Waals surface area contributed by atoms with Gasteiger partial charge in [-0.2, -0.15) is 5.10 Å². The van der Waals surface area contributed by atoms with E-state index < -0.39 is 21.9 Å². The zero-order chi connectivity index (χ0) is 22.9. The van der Waals surface area contributed by atoms with E-state index in [2.05, 4.69) is 14.8 Å². The quantitative estimate of drug-likeness (QED) is 0.459. The zero-order valence-corrected chi connectivity index (χ0v) is 19.4. The van der Waals surface area contributed by atoms with E-state index in [1.165, 1.54) is 25.3 Å². The van der Waals surface area contributed by atoms with Crippen LogP contribution in [0.25, 0.3) is 11.1 Å². The van der Waals surface area contributed by atoms with E-state index >= 15 is 0 Å². The Bertz CT molecular complexity index is 1220. The van der Waals surface area contributed by atoms with Gasteiger partial charge in [0.15, 0.2) is 0 Å². The van der Waals surface area contributed by atoms with Crippen molar-refractivity contribution < 1.29 is 12.8 Å². The van der Waals surface area contributed by atoms with Crippen LogP contribution in [0, 0.1) is 5.82 Å². The lowest BCUT2D eigenvalue weighted by molar-refractivity contribution is 0.478. The number of hydrogen-bond acceptors (Lipinski definition) is 5. The third-order valence-corrected chi connectivity index (χ3v) is 7.28. The van der Waals surface area contributed by atoms with E-state index in [0.29, 0.717) is 11.1 Å². The number of nitrogens with two attached hydrogens (primary N) is 1. The highest BCUT2D eigenvalue weighted by molar-refractivity contribution is 7.89. The topological polar surface area (TPSA) is 103 Å². The summed E-state index contributed by atoms with van der Waals surface area (Å²) in [5, 5.41) is 4.21. The third kappa shape index (κ3) is 4.85. The fourth-order valence-corrected chi connectivity index (χ4v) is 5.06. The average Bonchev–Trinajstić information content (AvgIpc) is 3.20. The van der Waals surface area contributed by atoms with Crippen LogP contribution in [0.2, 0.25) is 10.0 Å². The van der Waals surface area contributed by atoms with E-state index in [1.54, 1.807) is 10.9 Å². The fraction of sp³-hybridized carbons (Fsp3) is 0.300. The molecule has 166 valence electrons. The summed E-state index contributed by atoms with van der Waals surface area (Å²) in [4.78, 5) is 3.82. The first-order chi connectivity index (χ1) is 14.5. The van der Waals surface area contributed by atoms with Crippen molar-refractivity contribution in [3.05, 3.63) is 58.2 Å². The number of anilines is 1. The molecule has 0 amide bonds. The second-order valence-corrected chi connectivity index (χ2v) is 9.64. The molecule has 0 saturated heterocycles. The Labute approximate surface area is 190 Å². The Hall–Kier alpha value is -2.20. The summed E-state index contributed by atoms with van der Waals surface area (Å²) in [5.41, 5.74) is 7.24. The molecule has 2 heterocycles. The number of aromatic nitrogens is 3. The van der Waals surface area contributed by atoms with Crippen molar-refractivity contribution in [1.29, 1.82) is 0 Å². The number of nitrogen functional groups attached to an aromatic ring is 1. The molecule has 11 heteroatoms. The van der Waals surface area contributed by atoms with Gasteiger partial charge in [-0.15, -0.1) is 0 Å². The predicted molar refractivity (Wildman–Crippen MR) is 120 cm³/mol. The number of sulfonamides is 1. The second-order valence-electron chi connectivity index (χ2n) is 7.17. The molecule has 2 atom stereocenters. The zero-order valence-electron chi connectivity index (χ0n) is 17.1. The van der Waals surface area contributed by atoms with Gasteiger partial charge in [0.05, 0.1) is 11.2 Å². The largest absolute Gasteiger partial charge is 0.383 e. The van der Waals surface area contributed by atoms with Crippen LogP contribution in [0.5, 0.6) is 0 Å². The summed E-state index contributed by atoms with van der Waals surface area (Å²) in [7, 11) is -4.13. The SMILES string of the molecule is CCC(C)n1cc(-c2cnc(N)c(S(=O)(=O)NC(C)c3c(Cl)ccc(F)c3Cl)c2)cn1. The number of rotatable bonds is 7. The molecule has 0 radical (unpaired) electrons. The highest BCUT2D eigenvalue weighted by Crippen LogP contribution is 2.34. The first-order valence-electron chi connectivity index (χ1n) is 9.51. The maximum atomic E-state index is 13.9. The summed E-state index contributed by atoms with van der Waals surface area (Å²) in [6, 6.07) is 3.12. The van der Waals surface area contributed by atoms with Crippen LogP contribution in [-0.4, -0.2) is 23.2 Å². The minimum atomic E-state index is -4.13. The molecule has 0 spiro atoms. The number of pyridine rings is 1. The van der Waals surface area contributed by atoms with Crippen LogP contribution in [-0.2, 0) is 10.0 Å². The first-order valence-corrected chi connectivity index (χ1v) is 11.7. The molecule has 0 bridgehead atoms. The average molecular weight is 486 g/mol. The molecule has 0 aliphatic rings. The van der Waals surface area contributed by atoms with Crippen LogP contribution in [0.3, 0.4) is 0 Å². The van der Waals surface area contributed by atoms with Gasteiger partial charge in [-0.3, -0.25) is 4.68 Å². The molecule has 3 rings (SSSR count). The lowest BCUT2D eigenvalue weighted by Gasteiger charge is -2.18. The smallest absolute Gasteiger partial charge is 0.244 e. The maximum absolute atomic E-state index is 13.9. The summed E-state index contributed by atoms with van der Waals surface area (Å²) < 4.78 is 44.2. The Kier molecular flexibility index (Phi) is 6.90. The van der Waals surface area contributed by atoms with Crippen LogP contribution >= 0.6 is 23.2 Å². The van der Waals surface area contributed by atoms with Crippen molar-refractivity contribution in [3.63, 3.8) is 0 Å². The summed E-state index contributed by atoms with van der Waals surface area (Å²) >= 11 is 12.1. The van der Waals surface area contributed by atoms with E-state index in [-0.39, 0.29) is 32.4 Å². The van der Waals surface area contributed by atoms with Gasteiger partial charge in [0.25, 0.3) is 0 Å². The number of halogens is 3. The van der Waals surface area contributed by atoms with Crippen molar-refractivity contribution in [2.75, 3.05) is 5.73 Å². The highest BCUT2D eigenvalue weighted by Gasteiger charge is 2.26. The molecule has 1 aromatic carbocycles. The Morgan fingerprint density at radius 2 is 1.94 bits per heavy atom. The van der Waals surface area contributed by atoms with Crippen LogP contribution < -0.4 is 10.5 Å². The van der Waals surface area contributed by atoms with E-state index in [4.69, 9.17) is 28.9 Å². The maximum Gasteiger partial charge on any atom is 0.244 e. The molecule has 0 aliphatic carbocycles. The van der Waals surface area contributed by atoms with Crippen LogP contribution in [0.4, 0.5) is 10.2 Å². The van der Waals surface area contributed by atoms with Gasteiger partial charge < -0.3 is 5.73 Å². The fourth-order valence-electron chi connectivity index (χ4n) is 3.04. The molecular formula is C20H22Cl2FN5O2S. The van der Waals surface area contributed by atoms with E-state index in [0.717, 1.165) is 12.5 Å². The molecule has 3 aromatic rings. The van der Waals surface area contributed by atoms with Gasteiger partial charge >= 0.3 is 0 Å². The molecular weight excluding hydrogens is 464 g/mol. The van der Waals surface area contributed by atoms with E-state index in [9.17, 15) is 12.8 Å². The molecule has 3 N–H and O–H groups in total. The van der Waals surface area contributed by atoms with E-state index in [1.807, 2.05) is 20.0 Å². The molecule has 7 nitrogen and oxygen atoms in total. The predicted octanol–water partition coefficient (Wildman–Crippen LogP) is 4.98. The van der Waals surface area contributed by atoms with Gasteiger partial charge in [-0.05, 0) is 38.5 Å². The molecule has 2 aromatic heterocycles. The molecule has 2 unspecified atom stereocenters. The van der Waals surface area contributed by atoms with Gasteiger partial charge in [0.1, 0.15) is 16.5 Å². The number of hydrogen-bond donors (Lipinski definition) is 2. The monoisotopic (exact) mass is 485 g/mol. The summed E-state index contributed by atoms with van der Waals surface area (Å²) in [6.45, 7) is 5.58. The summed E-state index contributed by atoms with van der Waals surface area (Å²) in [6.07, 6.45) is 5.84. The van der Waals surface area contributed by atoms with Crippen molar-refractivity contribution in [2.45, 2.75) is 44.2 Å². The normalized spacial score (nSPS) is 13.9. The number of nitrogens with one attached hydrogen (secondary N) is 1. The van der Waals surface area contributed by atoms with Crippen molar-refractivity contribution in [1.82, 2.24) is 19.5 Å². The van der Waals surface area contributed by atoms with Gasteiger partial charge in [-0.25, -0.2) is 22.5 Å².